The van der Waals surface area contributed by atoms with E-state index in [1.165, 1.54) is 29.7 Å². The van der Waals surface area contributed by atoms with E-state index < -0.39 is 20.5 Å². The number of hydrogen-bond acceptors (Lipinski definition) is 10. The standard InChI is InChI=1S/C24H24N4O8S/c29-22-18-14-15(3-8-19(18)25-22)21-26-20(36-28-21)2-1-11-35-16-4-6-17(7-5-16)37(32,33)24(23(30)27-31)9-12-34-13-10-24/h3-8,14,31H,1-2,9-13H2,(H,25,29)(H,27,30). The highest BCUT2D eigenvalue weighted by Crippen LogP contribution is 2.36. The number of hydroxylamine groups is 1. The van der Waals surface area contributed by atoms with Crippen molar-refractivity contribution in [3.8, 4) is 17.1 Å². The Kier molecular flexibility index (Phi) is 6.67. The molecule has 2 aliphatic rings. The van der Waals surface area contributed by atoms with Crippen LogP contribution in [0.1, 0.15) is 35.5 Å². The highest BCUT2D eigenvalue weighted by Gasteiger charge is 2.52. The average Bonchev–Trinajstić information content (AvgIpc) is 3.39. The van der Waals surface area contributed by atoms with Crippen molar-refractivity contribution in [2.24, 2.45) is 0 Å². The van der Waals surface area contributed by atoms with E-state index in [0.717, 1.165) is 5.69 Å². The van der Waals surface area contributed by atoms with Gasteiger partial charge in [-0.3, -0.25) is 14.8 Å². The summed E-state index contributed by atoms with van der Waals surface area (Å²) in [5.41, 5.74) is 3.56. The highest BCUT2D eigenvalue weighted by molar-refractivity contribution is 7.93. The molecule has 0 saturated carbocycles. The Hall–Kier alpha value is -3.81. The van der Waals surface area contributed by atoms with Gasteiger partial charge in [0.25, 0.3) is 11.8 Å². The van der Waals surface area contributed by atoms with Gasteiger partial charge in [0.05, 0.1) is 22.8 Å². The molecule has 1 aromatic heterocycles. The second kappa shape index (κ2) is 9.92. The first kappa shape index (κ1) is 24.9. The Labute approximate surface area is 211 Å². The number of carbonyl (C=O) groups excluding carboxylic acids is 2. The van der Waals surface area contributed by atoms with E-state index in [9.17, 15) is 18.0 Å². The lowest BCUT2D eigenvalue weighted by Gasteiger charge is -2.34. The van der Waals surface area contributed by atoms with Crippen LogP contribution in [-0.2, 0) is 25.8 Å². The van der Waals surface area contributed by atoms with E-state index in [1.54, 1.807) is 18.2 Å². The van der Waals surface area contributed by atoms with Crippen molar-refractivity contribution in [1.29, 1.82) is 0 Å². The van der Waals surface area contributed by atoms with Crippen LogP contribution < -0.4 is 15.5 Å². The number of carbonyl (C=O) groups is 2. The molecule has 0 aliphatic carbocycles. The first-order valence-corrected chi connectivity index (χ1v) is 13.1. The molecule has 5 rings (SSSR count). The van der Waals surface area contributed by atoms with Gasteiger partial charge in [0, 0.05) is 25.2 Å². The van der Waals surface area contributed by atoms with Gasteiger partial charge in [0.1, 0.15) is 5.75 Å². The van der Waals surface area contributed by atoms with Crippen molar-refractivity contribution in [2.45, 2.75) is 35.3 Å². The fraction of sp³-hybridized carbons (Fsp3) is 0.333. The normalized spacial score (nSPS) is 16.3. The summed E-state index contributed by atoms with van der Waals surface area (Å²) in [5, 5.41) is 15.8. The second-order valence-corrected chi connectivity index (χ2v) is 11.0. The molecule has 0 unspecified atom stereocenters. The van der Waals surface area contributed by atoms with Crippen LogP contribution in [0.15, 0.2) is 51.9 Å². The van der Waals surface area contributed by atoms with Gasteiger partial charge in [-0.1, -0.05) is 5.16 Å². The maximum absolute atomic E-state index is 13.3. The zero-order valence-corrected chi connectivity index (χ0v) is 20.4. The number of nitrogens with one attached hydrogen (secondary N) is 2. The zero-order valence-electron chi connectivity index (χ0n) is 19.6. The molecule has 12 nitrogen and oxygen atoms in total. The molecule has 3 aromatic rings. The van der Waals surface area contributed by atoms with Crippen LogP contribution in [0, 0.1) is 0 Å². The summed E-state index contributed by atoms with van der Waals surface area (Å²) < 4.78 is 41.0. The van der Waals surface area contributed by atoms with Gasteiger partial charge in [0.2, 0.25) is 11.7 Å². The predicted molar refractivity (Wildman–Crippen MR) is 128 cm³/mol. The number of fused-ring (bicyclic) bond motifs is 1. The molecule has 2 aliphatic heterocycles. The molecule has 2 amide bonds. The molecule has 3 N–H and O–H groups in total. The van der Waals surface area contributed by atoms with Gasteiger partial charge in [-0.25, -0.2) is 13.9 Å². The number of aryl methyl sites for hydroxylation is 1. The van der Waals surface area contributed by atoms with E-state index >= 15 is 0 Å². The zero-order chi connectivity index (χ0) is 26.0. The van der Waals surface area contributed by atoms with Gasteiger partial charge in [-0.05, 0) is 61.7 Å². The van der Waals surface area contributed by atoms with Gasteiger partial charge in [0.15, 0.2) is 14.6 Å². The first-order chi connectivity index (χ1) is 17.8. The number of amides is 2. The number of benzene rings is 2. The summed E-state index contributed by atoms with van der Waals surface area (Å²) in [7, 11) is -4.10. The number of rotatable bonds is 9. The molecule has 3 heterocycles. The molecular weight excluding hydrogens is 504 g/mol. The Bertz CT molecular complexity index is 1430. The molecule has 13 heteroatoms. The fourth-order valence-electron chi connectivity index (χ4n) is 4.36. The lowest BCUT2D eigenvalue weighted by atomic mass is 9.98. The number of anilines is 1. The maximum atomic E-state index is 13.3. The molecule has 0 spiro atoms. The minimum absolute atomic E-state index is 0.0444. The van der Waals surface area contributed by atoms with E-state index in [2.05, 4.69) is 15.5 Å². The smallest absolute Gasteiger partial charge is 0.265 e. The summed E-state index contributed by atoms with van der Waals surface area (Å²) in [5.74, 6) is 0.176. The van der Waals surface area contributed by atoms with E-state index in [1.807, 2.05) is 0 Å². The Morgan fingerprint density at radius 2 is 1.92 bits per heavy atom. The monoisotopic (exact) mass is 528 g/mol. The Morgan fingerprint density at radius 3 is 2.62 bits per heavy atom. The molecule has 37 heavy (non-hydrogen) atoms. The lowest BCUT2D eigenvalue weighted by molar-refractivity contribution is -0.134. The van der Waals surface area contributed by atoms with Gasteiger partial charge < -0.3 is 19.3 Å². The number of sulfone groups is 1. The summed E-state index contributed by atoms with van der Waals surface area (Å²) in [4.78, 5) is 28.2. The van der Waals surface area contributed by atoms with Crippen LogP contribution >= 0.6 is 0 Å². The minimum atomic E-state index is -4.10. The predicted octanol–water partition coefficient (Wildman–Crippen LogP) is 2.14. The molecule has 0 radical (unpaired) electrons. The maximum Gasteiger partial charge on any atom is 0.265 e. The van der Waals surface area contributed by atoms with E-state index in [0.29, 0.717) is 48.0 Å². The third-order valence-electron chi connectivity index (χ3n) is 6.51. The number of ether oxygens (including phenoxy) is 2. The van der Waals surface area contributed by atoms with Crippen molar-refractivity contribution in [3.63, 3.8) is 0 Å². The molecule has 1 fully saturated rings. The number of nitrogens with zero attached hydrogens (tertiary/aromatic N) is 2. The van der Waals surface area contributed by atoms with Gasteiger partial charge >= 0.3 is 0 Å². The van der Waals surface area contributed by atoms with Crippen molar-refractivity contribution >= 4 is 27.3 Å². The number of hydrogen-bond donors (Lipinski definition) is 3. The average molecular weight is 529 g/mol. The van der Waals surface area contributed by atoms with Crippen molar-refractivity contribution < 1.29 is 37.2 Å². The van der Waals surface area contributed by atoms with Crippen LogP contribution in [0.2, 0.25) is 0 Å². The topological polar surface area (TPSA) is 170 Å². The lowest BCUT2D eigenvalue weighted by Crippen LogP contribution is -2.54. The SMILES string of the molecule is O=C1Nc2ccc(-c3noc(CCCOc4ccc(S(=O)(=O)C5(C(=O)NO)CCOCC5)cc4)n3)cc21. The van der Waals surface area contributed by atoms with Crippen LogP contribution in [0.5, 0.6) is 5.75 Å². The molecular formula is C24H24N4O8S. The molecule has 194 valence electrons. The van der Waals surface area contributed by atoms with Crippen molar-refractivity contribution in [3.05, 3.63) is 53.9 Å². The highest BCUT2D eigenvalue weighted by atomic mass is 32.2. The van der Waals surface area contributed by atoms with Crippen LogP contribution in [0.4, 0.5) is 5.69 Å². The largest absolute Gasteiger partial charge is 0.494 e. The first-order valence-electron chi connectivity index (χ1n) is 11.6. The fourth-order valence-corrected chi connectivity index (χ4v) is 6.30. The summed E-state index contributed by atoms with van der Waals surface area (Å²) in [6.07, 6.45) is 0.915. The van der Waals surface area contributed by atoms with E-state index in [-0.39, 0.29) is 36.9 Å². The van der Waals surface area contributed by atoms with Crippen molar-refractivity contribution in [1.82, 2.24) is 15.6 Å². The van der Waals surface area contributed by atoms with Gasteiger partial charge in [-0.2, -0.15) is 4.98 Å². The third-order valence-corrected chi connectivity index (χ3v) is 9.02. The van der Waals surface area contributed by atoms with Gasteiger partial charge in [-0.15, -0.1) is 0 Å². The van der Waals surface area contributed by atoms with Crippen LogP contribution in [0.25, 0.3) is 11.4 Å². The molecule has 1 saturated heterocycles. The van der Waals surface area contributed by atoms with Crippen molar-refractivity contribution in [2.75, 3.05) is 25.1 Å². The molecule has 0 bridgehead atoms. The molecule has 2 aromatic carbocycles. The quantitative estimate of drug-likeness (QED) is 0.212. The minimum Gasteiger partial charge on any atom is -0.494 e. The second-order valence-electron chi connectivity index (χ2n) is 8.70. The van der Waals surface area contributed by atoms with Crippen LogP contribution in [0.3, 0.4) is 0 Å². The third kappa shape index (κ3) is 4.56. The summed E-state index contributed by atoms with van der Waals surface area (Å²) >= 11 is 0. The summed E-state index contributed by atoms with van der Waals surface area (Å²) in [6, 6.07) is 11.1. The Morgan fingerprint density at radius 1 is 1.16 bits per heavy atom. The van der Waals surface area contributed by atoms with Crippen LogP contribution in [-0.4, -0.2) is 60.1 Å². The number of aromatic nitrogens is 2. The summed E-state index contributed by atoms with van der Waals surface area (Å²) in [6.45, 7) is 0.511. The molecule has 0 atom stereocenters. The van der Waals surface area contributed by atoms with E-state index in [4.69, 9.17) is 19.2 Å². The Balaban J connectivity index is 1.16.